The van der Waals surface area contributed by atoms with Crippen molar-refractivity contribution in [1.82, 2.24) is 9.97 Å². The van der Waals surface area contributed by atoms with Crippen molar-refractivity contribution in [2.45, 2.75) is 0 Å². The zero-order valence-electron chi connectivity index (χ0n) is 9.67. The zero-order chi connectivity index (χ0) is 12.4. The molecule has 2 aromatic heterocycles. The first-order valence-electron chi connectivity index (χ1n) is 5.65. The topological polar surface area (TPSA) is 37.8 Å². The Bertz CT molecular complexity index is 683. The van der Waals surface area contributed by atoms with Crippen LogP contribution in [-0.4, -0.2) is 17.8 Å². The molecule has 0 fully saturated rings. The summed E-state index contributed by atoms with van der Waals surface area (Å²) >= 11 is 0. The van der Waals surface area contributed by atoms with Gasteiger partial charge in [-0.3, -0.25) is 4.98 Å². The van der Waals surface area contributed by atoms with Crippen molar-refractivity contribution >= 4 is 35.7 Å². The van der Waals surface area contributed by atoms with Gasteiger partial charge in [0.05, 0.1) is 17.4 Å². The fourth-order valence-electron chi connectivity index (χ4n) is 1.82. The molecule has 0 aliphatic rings. The molecule has 2 heterocycles. The summed E-state index contributed by atoms with van der Waals surface area (Å²) in [6.45, 7) is 0. The molecule has 1 aromatic carbocycles. The first-order valence-corrected chi connectivity index (χ1v) is 5.65. The lowest BCUT2D eigenvalue weighted by Crippen LogP contribution is -2.06. The van der Waals surface area contributed by atoms with Crippen molar-refractivity contribution in [2.75, 3.05) is 5.32 Å². The molecule has 3 rings (SSSR count). The quantitative estimate of drug-likeness (QED) is 0.687. The number of nitrogens with one attached hydrogen (secondary N) is 1. The van der Waals surface area contributed by atoms with E-state index in [-0.39, 0.29) is 0 Å². The molecule has 0 aliphatic carbocycles. The first-order chi connectivity index (χ1) is 8.83. The second-order valence-corrected chi connectivity index (χ2v) is 3.98. The van der Waals surface area contributed by atoms with Crippen molar-refractivity contribution in [3.63, 3.8) is 0 Å². The van der Waals surface area contributed by atoms with E-state index >= 15 is 0 Å². The zero-order valence-corrected chi connectivity index (χ0v) is 9.67. The fourth-order valence-corrected chi connectivity index (χ4v) is 1.82. The molecule has 2 radical (unpaired) electrons. The van der Waals surface area contributed by atoms with Crippen molar-refractivity contribution in [3.8, 4) is 0 Å². The van der Waals surface area contributed by atoms with E-state index in [0.29, 0.717) is 5.46 Å². The summed E-state index contributed by atoms with van der Waals surface area (Å²) in [5, 5.41) is 4.23. The van der Waals surface area contributed by atoms with E-state index < -0.39 is 0 Å². The van der Waals surface area contributed by atoms with Gasteiger partial charge < -0.3 is 5.32 Å². The van der Waals surface area contributed by atoms with E-state index in [9.17, 15) is 0 Å². The molecule has 18 heavy (non-hydrogen) atoms. The highest BCUT2D eigenvalue weighted by Crippen LogP contribution is 2.16. The molecule has 0 saturated carbocycles. The highest BCUT2D eigenvalue weighted by molar-refractivity contribution is 6.38. The summed E-state index contributed by atoms with van der Waals surface area (Å²) in [7, 11) is 5.92. The number of rotatable bonds is 2. The predicted octanol–water partition coefficient (Wildman–Crippen LogP) is 2.17. The van der Waals surface area contributed by atoms with Crippen LogP contribution in [-0.2, 0) is 0 Å². The molecule has 3 aromatic rings. The minimum atomic E-state index is 0.683. The third kappa shape index (κ3) is 2.05. The maximum atomic E-state index is 5.92. The third-order valence-corrected chi connectivity index (χ3v) is 2.69. The maximum Gasteiger partial charge on any atom is 0.131 e. The molecule has 0 atom stereocenters. The van der Waals surface area contributed by atoms with Crippen molar-refractivity contribution in [2.24, 2.45) is 0 Å². The average molecular weight is 231 g/mol. The van der Waals surface area contributed by atoms with E-state index in [1.54, 1.807) is 12.4 Å². The highest BCUT2D eigenvalue weighted by atomic mass is 15.0. The smallest absolute Gasteiger partial charge is 0.131 e. The van der Waals surface area contributed by atoms with Gasteiger partial charge in [0.15, 0.2) is 0 Å². The van der Waals surface area contributed by atoms with Crippen molar-refractivity contribution in [1.29, 1.82) is 0 Å². The molecule has 0 aliphatic heterocycles. The van der Waals surface area contributed by atoms with Crippen LogP contribution < -0.4 is 10.8 Å². The Morgan fingerprint density at radius 2 is 1.94 bits per heavy atom. The van der Waals surface area contributed by atoms with Gasteiger partial charge in [-0.2, -0.15) is 0 Å². The largest absolute Gasteiger partial charge is 0.339 e. The van der Waals surface area contributed by atoms with Crippen LogP contribution in [0.15, 0.2) is 54.9 Å². The van der Waals surface area contributed by atoms with E-state index in [2.05, 4.69) is 15.3 Å². The number of aromatic nitrogens is 2. The molecule has 84 valence electrons. The molecule has 0 saturated heterocycles. The van der Waals surface area contributed by atoms with Gasteiger partial charge in [0.1, 0.15) is 13.7 Å². The lowest BCUT2D eigenvalue weighted by molar-refractivity contribution is 1.30. The number of nitrogens with zero attached hydrogens (tertiary/aromatic N) is 2. The Morgan fingerprint density at radius 1 is 1.00 bits per heavy atom. The molecular formula is C14H10BN3. The summed E-state index contributed by atoms with van der Waals surface area (Å²) in [5.74, 6) is 0.758. The second-order valence-electron chi connectivity index (χ2n) is 3.98. The molecule has 0 amide bonds. The molecule has 0 spiro atoms. The van der Waals surface area contributed by atoms with Crippen LogP contribution in [0.2, 0.25) is 0 Å². The van der Waals surface area contributed by atoms with Crippen LogP contribution in [0.5, 0.6) is 0 Å². The first kappa shape index (κ1) is 10.8. The SMILES string of the molecule is [B]c1cccc2ccc(Nc3cccnc3)nc12. The van der Waals surface area contributed by atoms with Crippen LogP contribution in [0.25, 0.3) is 10.9 Å². The normalized spacial score (nSPS) is 10.4. The van der Waals surface area contributed by atoms with Crippen LogP contribution >= 0.6 is 0 Å². The molecule has 1 N–H and O–H groups in total. The number of hydrogen-bond donors (Lipinski definition) is 1. The van der Waals surface area contributed by atoms with Gasteiger partial charge in [-0.15, -0.1) is 0 Å². The number of anilines is 2. The number of hydrogen-bond acceptors (Lipinski definition) is 3. The number of benzene rings is 1. The van der Waals surface area contributed by atoms with Crippen LogP contribution in [0.4, 0.5) is 11.5 Å². The van der Waals surface area contributed by atoms with Crippen molar-refractivity contribution < 1.29 is 0 Å². The molecule has 0 bridgehead atoms. The van der Waals surface area contributed by atoms with E-state index in [1.165, 1.54) is 0 Å². The molecular weight excluding hydrogens is 221 g/mol. The summed E-state index contributed by atoms with van der Waals surface area (Å²) in [4.78, 5) is 8.55. The maximum absolute atomic E-state index is 5.92. The van der Waals surface area contributed by atoms with Gasteiger partial charge in [-0.1, -0.05) is 23.7 Å². The molecule has 0 unspecified atom stereocenters. The second kappa shape index (κ2) is 4.49. The Kier molecular flexibility index (Phi) is 2.69. The summed E-state index contributed by atoms with van der Waals surface area (Å²) in [5.41, 5.74) is 2.40. The Hall–Kier alpha value is -2.36. The van der Waals surface area contributed by atoms with Crippen molar-refractivity contribution in [3.05, 3.63) is 54.9 Å². The number of para-hydroxylation sites is 1. The van der Waals surface area contributed by atoms with Gasteiger partial charge in [0.2, 0.25) is 0 Å². The Morgan fingerprint density at radius 3 is 2.78 bits per heavy atom. The Labute approximate surface area is 106 Å². The average Bonchev–Trinajstić information content (AvgIpc) is 2.41. The number of fused-ring (bicyclic) bond motifs is 1. The fraction of sp³-hybridized carbons (Fsp3) is 0. The summed E-state index contributed by atoms with van der Waals surface area (Å²) < 4.78 is 0. The lowest BCUT2D eigenvalue weighted by Gasteiger charge is -2.07. The summed E-state index contributed by atoms with van der Waals surface area (Å²) in [6.07, 6.45) is 3.48. The Balaban J connectivity index is 2.01. The van der Waals surface area contributed by atoms with E-state index in [1.807, 2.05) is 42.5 Å². The lowest BCUT2D eigenvalue weighted by atomic mass is 9.93. The molecule has 3 nitrogen and oxygen atoms in total. The van der Waals surface area contributed by atoms with E-state index in [4.69, 9.17) is 7.85 Å². The van der Waals surface area contributed by atoms with Gasteiger partial charge in [-0.05, 0) is 29.7 Å². The highest BCUT2D eigenvalue weighted by Gasteiger charge is 2.00. The standard InChI is InChI=1S/C14H10BN3/c15-12-5-1-3-10-6-7-13(18-14(10)12)17-11-4-2-8-16-9-11/h1-9H,(H,17,18). The van der Waals surface area contributed by atoms with Gasteiger partial charge >= 0.3 is 0 Å². The molecule has 4 heteroatoms. The van der Waals surface area contributed by atoms with Crippen LogP contribution in [0.1, 0.15) is 0 Å². The monoisotopic (exact) mass is 231 g/mol. The third-order valence-electron chi connectivity index (χ3n) is 2.69. The van der Waals surface area contributed by atoms with Crippen LogP contribution in [0.3, 0.4) is 0 Å². The predicted molar refractivity (Wildman–Crippen MR) is 74.7 cm³/mol. The van der Waals surface area contributed by atoms with E-state index in [0.717, 1.165) is 22.4 Å². The number of pyridine rings is 2. The van der Waals surface area contributed by atoms with Gasteiger partial charge in [0.25, 0.3) is 0 Å². The minimum Gasteiger partial charge on any atom is -0.339 e. The summed E-state index contributed by atoms with van der Waals surface area (Å²) in [6, 6.07) is 13.5. The van der Waals surface area contributed by atoms with Crippen LogP contribution in [0, 0.1) is 0 Å². The van der Waals surface area contributed by atoms with Gasteiger partial charge in [-0.25, -0.2) is 4.98 Å². The van der Waals surface area contributed by atoms with Gasteiger partial charge in [0, 0.05) is 6.20 Å². The minimum absolute atomic E-state index is 0.683.